The fourth-order valence-electron chi connectivity index (χ4n) is 0.841. The average molecular weight is 289 g/mol. The van der Waals surface area contributed by atoms with Gasteiger partial charge in [-0.2, -0.15) is 8.42 Å². The van der Waals surface area contributed by atoms with Crippen LogP contribution in [0.4, 0.5) is 4.39 Å². The Kier molecular flexibility index (Phi) is 4.11. The lowest BCUT2D eigenvalue weighted by Gasteiger charge is -2.02. The maximum atomic E-state index is 13.1. The van der Waals surface area contributed by atoms with Crippen molar-refractivity contribution in [2.24, 2.45) is 0 Å². The minimum atomic E-state index is -4.41. The van der Waals surface area contributed by atoms with Crippen LogP contribution in [-0.2, 0) is 14.1 Å². The zero-order valence-electron chi connectivity index (χ0n) is 7.90. The summed E-state index contributed by atoms with van der Waals surface area (Å²) in [4.78, 5) is 11.0. The van der Waals surface area contributed by atoms with Crippen LogP contribution in [0, 0.1) is 5.82 Å². The molecule has 16 heavy (non-hydrogen) atoms. The Morgan fingerprint density at radius 3 is 2.75 bits per heavy atom. The van der Waals surface area contributed by atoms with Crippen molar-refractivity contribution in [3.05, 3.63) is 16.1 Å². The van der Waals surface area contributed by atoms with Crippen LogP contribution in [0.5, 0.6) is 5.75 Å². The molecule has 90 valence electrons. The largest absolute Gasteiger partial charge is 0.462 e. The number of carbonyl (C=O) groups excluding carboxylic acids is 1. The Morgan fingerprint density at radius 2 is 2.25 bits per heavy atom. The second-order valence-electron chi connectivity index (χ2n) is 2.44. The second-order valence-corrected chi connectivity index (χ2v) is 5.41. The van der Waals surface area contributed by atoms with Crippen LogP contribution < -0.4 is 4.18 Å². The van der Waals surface area contributed by atoms with Gasteiger partial charge in [0.15, 0.2) is 10.7 Å². The van der Waals surface area contributed by atoms with E-state index in [0.29, 0.717) is 11.3 Å². The van der Waals surface area contributed by atoms with Crippen molar-refractivity contribution < 1.29 is 26.5 Å². The van der Waals surface area contributed by atoms with E-state index < -0.39 is 26.9 Å². The zero-order chi connectivity index (χ0) is 12.3. The van der Waals surface area contributed by atoms with Crippen LogP contribution in [-0.4, -0.2) is 21.0 Å². The quantitative estimate of drug-likeness (QED) is 0.625. The van der Waals surface area contributed by atoms with E-state index in [1.54, 1.807) is 6.92 Å². The molecule has 0 bridgehead atoms. The third-order valence-electron chi connectivity index (χ3n) is 1.35. The monoisotopic (exact) mass is 288 g/mol. The second kappa shape index (κ2) is 4.98. The van der Waals surface area contributed by atoms with E-state index in [-0.39, 0.29) is 11.5 Å². The molecule has 0 aliphatic carbocycles. The molecule has 0 N–H and O–H groups in total. The van der Waals surface area contributed by atoms with Gasteiger partial charge in [-0.05, 0) is 6.92 Å². The van der Waals surface area contributed by atoms with E-state index in [4.69, 9.17) is 10.7 Å². The molecule has 0 saturated heterocycles. The lowest BCUT2D eigenvalue weighted by molar-refractivity contribution is 0.0530. The number of ether oxygens (including phenoxy) is 1. The van der Waals surface area contributed by atoms with Gasteiger partial charge in [0.25, 0.3) is 0 Å². The molecule has 1 aromatic heterocycles. The Hall–Kier alpha value is -0.860. The van der Waals surface area contributed by atoms with Crippen molar-refractivity contribution in [2.75, 3.05) is 6.61 Å². The highest BCUT2D eigenvalue weighted by atomic mass is 35.7. The molecule has 5 nitrogen and oxygen atoms in total. The van der Waals surface area contributed by atoms with Gasteiger partial charge in [0.2, 0.25) is 5.75 Å². The minimum absolute atomic E-state index is 0.0748. The topological polar surface area (TPSA) is 69.7 Å². The summed E-state index contributed by atoms with van der Waals surface area (Å²) in [6, 6.07) is 0. The number of esters is 1. The number of carbonyl (C=O) groups is 1. The summed E-state index contributed by atoms with van der Waals surface area (Å²) in [5.74, 6) is -2.59. The molecule has 0 spiro atoms. The Morgan fingerprint density at radius 1 is 1.62 bits per heavy atom. The van der Waals surface area contributed by atoms with Crippen LogP contribution in [0.1, 0.15) is 16.6 Å². The molecule has 1 heterocycles. The molecule has 0 atom stereocenters. The molecule has 1 rings (SSSR count). The maximum Gasteiger partial charge on any atom is 0.401 e. The first-order chi connectivity index (χ1) is 7.35. The zero-order valence-corrected chi connectivity index (χ0v) is 10.3. The van der Waals surface area contributed by atoms with E-state index >= 15 is 0 Å². The average Bonchev–Trinajstić information content (AvgIpc) is 2.46. The summed E-state index contributed by atoms with van der Waals surface area (Å²) in [5.41, 5.74) is 0. The third-order valence-corrected chi connectivity index (χ3v) is 2.81. The Balaban J connectivity index is 3.08. The molecule has 1 aromatic rings. The van der Waals surface area contributed by atoms with E-state index in [2.05, 4.69) is 8.92 Å². The molecule has 0 unspecified atom stereocenters. The predicted octanol–water partition coefficient (Wildman–Crippen LogP) is 1.93. The molecular formula is C7H6ClFO5S2. The SMILES string of the molecule is CCOC(=O)c1scc(F)c1OS(=O)(=O)Cl. The van der Waals surface area contributed by atoms with Crippen LogP contribution in [0.15, 0.2) is 5.38 Å². The fourth-order valence-corrected chi connectivity index (χ4v) is 2.17. The van der Waals surface area contributed by atoms with Gasteiger partial charge in [-0.25, -0.2) is 9.18 Å². The first kappa shape index (κ1) is 13.2. The van der Waals surface area contributed by atoms with Crippen molar-refractivity contribution in [3.63, 3.8) is 0 Å². The first-order valence-corrected chi connectivity index (χ1v) is 7.04. The van der Waals surface area contributed by atoms with Gasteiger partial charge in [-0.1, -0.05) is 0 Å². The predicted molar refractivity (Wildman–Crippen MR) is 55.6 cm³/mol. The summed E-state index contributed by atoms with van der Waals surface area (Å²) in [6.07, 6.45) is 0. The highest BCUT2D eigenvalue weighted by Gasteiger charge is 2.24. The van der Waals surface area contributed by atoms with Crippen molar-refractivity contribution in [1.29, 1.82) is 0 Å². The summed E-state index contributed by atoms with van der Waals surface area (Å²) >= 11 is 0.667. The van der Waals surface area contributed by atoms with Gasteiger partial charge in [0.1, 0.15) is 0 Å². The molecule has 0 amide bonds. The number of halogens is 2. The molecule has 0 saturated carbocycles. The maximum absolute atomic E-state index is 13.1. The molecule has 0 aliphatic heterocycles. The van der Waals surface area contributed by atoms with Crippen molar-refractivity contribution in [1.82, 2.24) is 0 Å². The van der Waals surface area contributed by atoms with Gasteiger partial charge in [0.05, 0.1) is 17.3 Å². The van der Waals surface area contributed by atoms with Crippen LogP contribution in [0.25, 0.3) is 0 Å². The minimum Gasteiger partial charge on any atom is -0.462 e. The number of thiophene rings is 1. The lowest BCUT2D eigenvalue weighted by atomic mass is 10.4. The van der Waals surface area contributed by atoms with Crippen LogP contribution >= 0.6 is 22.0 Å². The molecular weight excluding hydrogens is 283 g/mol. The standard InChI is InChI=1S/C7H6ClFO5S2/c1-2-13-7(10)6-5(4(9)3-15-6)14-16(8,11)12/h3H,2H2,1H3. The van der Waals surface area contributed by atoms with Gasteiger partial charge in [0, 0.05) is 5.38 Å². The summed E-state index contributed by atoms with van der Waals surface area (Å²) < 4.78 is 43.0. The van der Waals surface area contributed by atoms with E-state index in [1.807, 2.05) is 0 Å². The number of hydrogen-bond donors (Lipinski definition) is 0. The van der Waals surface area contributed by atoms with Gasteiger partial charge < -0.3 is 8.92 Å². The summed E-state index contributed by atoms with van der Waals surface area (Å²) in [6.45, 7) is 1.63. The number of rotatable bonds is 4. The Labute approximate surface area is 99.4 Å². The highest BCUT2D eigenvalue weighted by Crippen LogP contribution is 2.31. The third kappa shape index (κ3) is 3.32. The smallest absolute Gasteiger partial charge is 0.401 e. The molecule has 9 heteroatoms. The van der Waals surface area contributed by atoms with Gasteiger partial charge in [-0.3, -0.25) is 0 Å². The summed E-state index contributed by atoms with van der Waals surface area (Å²) in [7, 11) is 0.377. The molecule has 0 radical (unpaired) electrons. The van der Waals surface area contributed by atoms with Crippen molar-refractivity contribution >= 4 is 37.3 Å². The fraction of sp³-hybridized carbons (Fsp3) is 0.286. The van der Waals surface area contributed by atoms with Crippen LogP contribution in [0.2, 0.25) is 0 Å². The molecule has 0 fully saturated rings. The normalized spacial score (nSPS) is 11.2. The van der Waals surface area contributed by atoms with E-state index in [0.717, 1.165) is 5.38 Å². The summed E-state index contributed by atoms with van der Waals surface area (Å²) in [5, 5.41) is 0.920. The van der Waals surface area contributed by atoms with E-state index in [9.17, 15) is 17.6 Å². The van der Waals surface area contributed by atoms with Crippen molar-refractivity contribution in [2.45, 2.75) is 6.92 Å². The lowest BCUT2D eigenvalue weighted by Crippen LogP contribution is -2.07. The Bertz CT molecular complexity index is 495. The molecule has 0 aromatic carbocycles. The number of hydrogen-bond acceptors (Lipinski definition) is 6. The van der Waals surface area contributed by atoms with Gasteiger partial charge in [-0.15, -0.1) is 11.3 Å². The van der Waals surface area contributed by atoms with Crippen molar-refractivity contribution in [3.8, 4) is 5.75 Å². The van der Waals surface area contributed by atoms with Crippen LogP contribution in [0.3, 0.4) is 0 Å². The van der Waals surface area contributed by atoms with Gasteiger partial charge >= 0.3 is 15.3 Å². The molecule has 0 aliphatic rings. The first-order valence-electron chi connectivity index (χ1n) is 3.93. The highest BCUT2D eigenvalue weighted by molar-refractivity contribution is 8.10. The van der Waals surface area contributed by atoms with E-state index in [1.165, 1.54) is 0 Å².